The van der Waals surface area contributed by atoms with Crippen LogP contribution in [0, 0.1) is 0 Å². The normalized spacial score (nSPS) is 10.7. The van der Waals surface area contributed by atoms with Crippen molar-refractivity contribution in [2.24, 2.45) is 0 Å². The summed E-state index contributed by atoms with van der Waals surface area (Å²) in [7, 11) is 0. The van der Waals surface area contributed by atoms with E-state index in [9.17, 15) is 9.59 Å². The van der Waals surface area contributed by atoms with Gasteiger partial charge in [0.05, 0.1) is 5.56 Å². The molecule has 0 spiro atoms. The number of nitrogens with one attached hydrogen (secondary N) is 3. The molecular formula is C19H21N3O2S. The quantitative estimate of drug-likeness (QED) is 0.449. The molecule has 0 fully saturated rings. The Morgan fingerprint density at radius 3 is 2.00 bits per heavy atom. The second-order valence-electron chi connectivity index (χ2n) is 6.52. The van der Waals surface area contributed by atoms with Crippen molar-refractivity contribution in [2.45, 2.75) is 26.3 Å². The summed E-state index contributed by atoms with van der Waals surface area (Å²) in [5.41, 5.74) is 6.09. The Hall–Kier alpha value is -2.73. The number of ketones is 1. The zero-order valence-corrected chi connectivity index (χ0v) is 15.2. The number of carbonyl (C=O) groups is 2. The van der Waals surface area contributed by atoms with Crippen LogP contribution in [0.4, 0.5) is 0 Å². The zero-order valence-electron chi connectivity index (χ0n) is 14.4. The molecule has 0 aliphatic carbocycles. The first-order valence-corrected chi connectivity index (χ1v) is 8.26. The van der Waals surface area contributed by atoms with Gasteiger partial charge in [-0.05, 0) is 39.1 Å². The summed E-state index contributed by atoms with van der Waals surface area (Å²) in [6.45, 7) is 5.86. The lowest BCUT2D eigenvalue weighted by atomic mass is 9.98. The van der Waals surface area contributed by atoms with Crippen molar-refractivity contribution in [3.63, 3.8) is 0 Å². The van der Waals surface area contributed by atoms with E-state index in [-0.39, 0.29) is 16.9 Å². The third-order valence-corrected chi connectivity index (χ3v) is 3.43. The molecule has 1 amide bonds. The molecule has 2 rings (SSSR count). The molecule has 5 nitrogen and oxygen atoms in total. The van der Waals surface area contributed by atoms with Crippen molar-refractivity contribution in [1.82, 2.24) is 16.2 Å². The molecule has 2 aromatic rings. The highest BCUT2D eigenvalue weighted by Crippen LogP contribution is 2.14. The summed E-state index contributed by atoms with van der Waals surface area (Å²) < 4.78 is 0. The van der Waals surface area contributed by atoms with E-state index in [2.05, 4.69) is 16.2 Å². The monoisotopic (exact) mass is 355 g/mol. The lowest BCUT2D eigenvalue weighted by Gasteiger charge is -2.23. The van der Waals surface area contributed by atoms with Gasteiger partial charge in [0.2, 0.25) is 0 Å². The molecule has 0 radical (unpaired) electrons. The number of rotatable bonds is 3. The van der Waals surface area contributed by atoms with E-state index in [4.69, 9.17) is 12.2 Å². The standard InChI is InChI=1S/C19H21N3O2S/c1-19(2,3)20-18(25)22-21-17(24)15-12-8-7-11-14(15)16(23)13-9-5-4-6-10-13/h4-12H,1-3H3,(H,21,24)(H2,20,22,25). The van der Waals surface area contributed by atoms with Crippen LogP contribution in [-0.2, 0) is 0 Å². The number of hydrazine groups is 1. The number of hydrogen-bond acceptors (Lipinski definition) is 3. The Labute approximate surface area is 152 Å². The molecule has 2 aromatic carbocycles. The van der Waals surface area contributed by atoms with Gasteiger partial charge in [-0.3, -0.25) is 20.4 Å². The Kier molecular flexibility index (Phi) is 5.88. The molecule has 0 aliphatic heterocycles. The molecule has 130 valence electrons. The van der Waals surface area contributed by atoms with Gasteiger partial charge in [0.15, 0.2) is 10.9 Å². The minimum absolute atomic E-state index is 0.207. The maximum Gasteiger partial charge on any atom is 0.270 e. The lowest BCUT2D eigenvalue weighted by molar-refractivity contribution is 0.0933. The van der Waals surface area contributed by atoms with Crippen LogP contribution in [0.15, 0.2) is 54.6 Å². The maximum absolute atomic E-state index is 12.7. The van der Waals surface area contributed by atoms with Gasteiger partial charge in [0, 0.05) is 16.7 Å². The van der Waals surface area contributed by atoms with Crippen molar-refractivity contribution >= 4 is 29.0 Å². The van der Waals surface area contributed by atoms with E-state index >= 15 is 0 Å². The topological polar surface area (TPSA) is 70.2 Å². The number of amides is 1. The molecular weight excluding hydrogens is 334 g/mol. The Morgan fingerprint density at radius 2 is 1.40 bits per heavy atom. The van der Waals surface area contributed by atoms with Crippen LogP contribution in [-0.4, -0.2) is 22.3 Å². The van der Waals surface area contributed by atoms with Crippen LogP contribution in [0.25, 0.3) is 0 Å². The van der Waals surface area contributed by atoms with Gasteiger partial charge in [-0.1, -0.05) is 48.5 Å². The average Bonchev–Trinajstić information content (AvgIpc) is 2.58. The molecule has 0 heterocycles. The van der Waals surface area contributed by atoms with Crippen LogP contribution < -0.4 is 16.2 Å². The molecule has 0 unspecified atom stereocenters. The predicted octanol–water partition coefficient (Wildman–Crippen LogP) is 2.83. The van der Waals surface area contributed by atoms with E-state index in [0.29, 0.717) is 16.2 Å². The second kappa shape index (κ2) is 7.90. The first-order chi connectivity index (χ1) is 11.8. The third kappa shape index (κ3) is 5.39. The number of benzene rings is 2. The minimum atomic E-state index is -0.432. The van der Waals surface area contributed by atoms with Crippen molar-refractivity contribution in [3.8, 4) is 0 Å². The highest BCUT2D eigenvalue weighted by Gasteiger charge is 2.18. The molecule has 25 heavy (non-hydrogen) atoms. The van der Waals surface area contributed by atoms with Crippen molar-refractivity contribution in [3.05, 3.63) is 71.3 Å². The van der Waals surface area contributed by atoms with Gasteiger partial charge in [0.25, 0.3) is 5.91 Å². The summed E-state index contributed by atoms with van der Waals surface area (Å²) in [4.78, 5) is 25.1. The molecule has 6 heteroatoms. The average molecular weight is 355 g/mol. The predicted molar refractivity (Wildman–Crippen MR) is 102 cm³/mol. The summed E-state index contributed by atoms with van der Waals surface area (Å²) in [5, 5.41) is 3.33. The van der Waals surface area contributed by atoms with Crippen molar-refractivity contribution in [1.29, 1.82) is 0 Å². The van der Waals surface area contributed by atoms with E-state index in [0.717, 1.165) is 0 Å². The largest absolute Gasteiger partial charge is 0.357 e. The van der Waals surface area contributed by atoms with Gasteiger partial charge in [-0.15, -0.1) is 0 Å². The molecule has 0 atom stereocenters. The van der Waals surface area contributed by atoms with Gasteiger partial charge in [0.1, 0.15) is 0 Å². The van der Waals surface area contributed by atoms with Gasteiger partial charge in [-0.2, -0.15) is 0 Å². The molecule has 0 aromatic heterocycles. The highest BCUT2D eigenvalue weighted by molar-refractivity contribution is 7.80. The zero-order chi connectivity index (χ0) is 18.4. The Bertz CT molecular complexity index is 783. The van der Waals surface area contributed by atoms with Crippen LogP contribution in [0.5, 0.6) is 0 Å². The molecule has 0 saturated heterocycles. The fourth-order valence-electron chi connectivity index (χ4n) is 2.18. The third-order valence-electron chi connectivity index (χ3n) is 3.23. The molecule has 3 N–H and O–H groups in total. The van der Waals surface area contributed by atoms with E-state index in [1.165, 1.54) is 0 Å². The van der Waals surface area contributed by atoms with Crippen LogP contribution in [0.3, 0.4) is 0 Å². The smallest absolute Gasteiger partial charge is 0.270 e. The maximum atomic E-state index is 12.7. The fraction of sp³-hybridized carbons (Fsp3) is 0.211. The van der Waals surface area contributed by atoms with Gasteiger partial charge >= 0.3 is 0 Å². The van der Waals surface area contributed by atoms with E-state index < -0.39 is 5.91 Å². The van der Waals surface area contributed by atoms with Crippen LogP contribution in [0.2, 0.25) is 0 Å². The van der Waals surface area contributed by atoms with Crippen molar-refractivity contribution in [2.75, 3.05) is 0 Å². The lowest BCUT2D eigenvalue weighted by Crippen LogP contribution is -2.52. The highest BCUT2D eigenvalue weighted by atomic mass is 32.1. The van der Waals surface area contributed by atoms with E-state index in [1.54, 1.807) is 48.5 Å². The molecule has 0 aliphatic rings. The van der Waals surface area contributed by atoms with Crippen LogP contribution >= 0.6 is 12.2 Å². The van der Waals surface area contributed by atoms with Crippen molar-refractivity contribution < 1.29 is 9.59 Å². The van der Waals surface area contributed by atoms with E-state index in [1.807, 2.05) is 26.8 Å². The number of thiocarbonyl (C=S) groups is 1. The minimum Gasteiger partial charge on any atom is -0.357 e. The van der Waals surface area contributed by atoms with Gasteiger partial charge < -0.3 is 5.32 Å². The summed E-state index contributed by atoms with van der Waals surface area (Å²) in [6.07, 6.45) is 0. The SMILES string of the molecule is CC(C)(C)NC(=S)NNC(=O)c1ccccc1C(=O)c1ccccc1. The summed E-state index contributed by atoms with van der Waals surface area (Å²) in [6, 6.07) is 15.5. The molecule has 0 saturated carbocycles. The summed E-state index contributed by atoms with van der Waals surface area (Å²) >= 11 is 5.13. The number of carbonyl (C=O) groups excluding carboxylic acids is 2. The Morgan fingerprint density at radius 1 is 0.840 bits per heavy atom. The number of hydrogen-bond donors (Lipinski definition) is 3. The fourth-order valence-corrected chi connectivity index (χ4v) is 2.53. The first-order valence-electron chi connectivity index (χ1n) is 7.85. The second-order valence-corrected chi connectivity index (χ2v) is 6.93. The Balaban J connectivity index is 2.13. The van der Waals surface area contributed by atoms with Gasteiger partial charge in [-0.25, -0.2) is 0 Å². The summed E-state index contributed by atoms with van der Waals surface area (Å²) in [5.74, 6) is -0.639. The molecule has 0 bridgehead atoms. The first kappa shape index (κ1) is 18.6. The van der Waals surface area contributed by atoms with Crippen LogP contribution in [0.1, 0.15) is 47.1 Å².